The van der Waals surface area contributed by atoms with E-state index >= 15 is 0 Å². The topological polar surface area (TPSA) is 63.1 Å². The normalized spacial score (nSPS) is 12.3. The monoisotopic (exact) mass is 419 g/mol. The van der Waals surface area contributed by atoms with Gasteiger partial charge < -0.3 is 5.32 Å². The molecule has 1 unspecified atom stereocenters. The van der Waals surface area contributed by atoms with Gasteiger partial charge in [0.25, 0.3) is 5.91 Å². The van der Waals surface area contributed by atoms with Crippen molar-refractivity contribution in [2.75, 3.05) is 19.6 Å². The molecule has 0 radical (unpaired) electrons. The van der Waals surface area contributed by atoms with Gasteiger partial charge in [-0.25, -0.2) is 9.67 Å². The first-order valence-electron chi connectivity index (χ1n) is 11.1. The molecule has 0 spiro atoms. The first-order chi connectivity index (χ1) is 15.0. The average Bonchev–Trinajstić information content (AvgIpc) is 3.25. The van der Waals surface area contributed by atoms with Crippen LogP contribution in [0.3, 0.4) is 0 Å². The molecule has 2 aromatic heterocycles. The second-order valence-electron chi connectivity index (χ2n) is 7.97. The Balaban J connectivity index is 1.78. The second-order valence-corrected chi connectivity index (χ2v) is 7.97. The SMILES string of the molecule is CCN(CC)C(CNC(=O)c1cnn(-c2ccccn2)c1C(C)C)Cc1ccccc1. The van der Waals surface area contributed by atoms with E-state index in [2.05, 4.69) is 72.3 Å². The number of benzene rings is 1. The summed E-state index contributed by atoms with van der Waals surface area (Å²) in [7, 11) is 0. The van der Waals surface area contributed by atoms with E-state index < -0.39 is 0 Å². The minimum atomic E-state index is -0.0869. The summed E-state index contributed by atoms with van der Waals surface area (Å²) in [6, 6.07) is 16.4. The van der Waals surface area contributed by atoms with E-state index in [-0.39, 0.29) is 17.9 Å². The van der Waals surface area contributed by atoms with Crippen molar-refractivity contribution in [1.29, 1.82) is 0 Å². The molecule has 3 aromatic rings. The predicted octanol–water partition coefficient (Wildman–Crippen LogP) is 4.07. The second kappa shape index (κ2) is 10.9. The number of nitrogens with one attached hydrogen (secondary N) is 1. The number of rotatable bonds is 10. The Morgan fingerprint density at radius 3 is 2.39 bits per heavy atom. The number of amides is 1. The van der Waals surface area contributed by atoms with Crippen LogP contribution in [0.2, 0.25) is 0 Å². The maximum atomic E-state index is 13.2. The molecule has 1 atom stereocenters. The van der Waals surface area contributed by atoms with Crippen LogP contribution in [-0.4, -0.2) is 51.2 Å². The van der Waals surface area contributed by atoms with Gasteiger partial charge in [-0.1, -0.05) is 64.1 Å². The van der Waals surface area contributed by atoms with Crippen LogP contribution < -0.4 is 5.32 Å². The van der Waals surface area contributed by atoms with E-state index in [1.165, 1.54) is 5.56 Å². The third-order valence-electron chi connectivity index (χ3n) is 5.61. The molecular weight excluding hydrogens is 386 g/mol. The molecule has 6 heteroatoms. The molecule has 164 valence electrons. The van der Waals surface area contributed by atoms with Gasteiger partial charge in [-0.05, 0) is 43.1 Å². The van der Waals surface area contributed by atoms with Crippen molar-refractivity contribution in [3.63, 3.8) is 0 Å². The fraction of sp³-hybridized carbons (Fsp3) is 0.400. The van der Waals surface area contributed by atoms with Crippen molar-refractivity contribution < 1.29 is 4.79 Å². The number of nitrogens with zero attached hydrogens (tertiary/aromatic N) is 4. The van der Waals surface area contributed by atoms with Gasteiger partial charge in [0.05, 0.1) is 17.5 Å². The van der Waals surface area contributed by atoms with Gasteiger partial charge in [0.2, 0.25) is 0 Å². The van der Waals surface area contributed by atoms with Crippen LogP contribution >= 0.6 is 0 Å². The average molecular weight is 420 g/mol. The van der Waals surface area contributed by atoms with Gasteiger partial charge in [-0.2, -0.15) is 5.10 Å². The van der Waals surface area contributed by atoms with Crippen molar-refractivity contribution in [1.82, 2.24) is 25.0 Å². The minimum absolute atomic E-state index is 0.0869. The first kappa shape index (κ1) is 22.7. The maximum Gasteiger partial charge on any atom is 0.254 e. The highest BCUT2D eigenvalue weighted by Gasteiger charge is 2.23. The highest BCUT2D eigenvalue weighted by atomic mass is 16.1. The van der Waals surface area contributed by atoms with Gasteiger partial charge in [0.15, 0.2) is 5.82 Å². The molecule has 1 amide bonds. The summed E-state index contributed by atoms with van der Waals surface area (Å²) in [5.41, 5.74) is 2.76. The molecule has 1 N–H and O–H groups in total. The smallest absolute Gasteiger partial charge is 0.254 e. The standard InChI is InChI=1S/C25H33N5O/c1-5-29(6-2)21(16-20-12-8-7-9-13-20)17-27-25(31)22-18-28-30(24(22)19(3)4)23-14-10-11-15-26-23/h7-15,18-19,21H,5-6,16-17H2,1-4H3,(H,27,31). The Morgan fingerprint density at radius 2 is 1.77 bits per heavy atom. The number of hydrogen-bond acceptors (Lipinski definition) is 4. The molecule has 0 saturated carbocycles. The van der Waals surface area contributed by atoms with Crippen molar-refractivity contribution >= 4 is 5.91 Å². The van der Waals surface area contributed by atoms with E-state index in [1.807, 2.05) is 24.3 Å². The Labute approximate surface area is 185 Å². The van der Waals surface area contributed by atoms with Crippen LogP contribution in [0.15, 0.2) is 60.9 Å². The lowest BCUT2D eigenvalue weighted by Gasteiger charge is -2.30. The fourth-order valence-electron chi connectivity index (χ4n) is 4.01. The molecule has 0 bridgehead atoms. The summed E-state index contributed by atoms with van der Waals surface area (Å²) in [5, 5.41) is 7.65. The number of carbonyl (C=O) groups excluding carboxylic acids is 1. The zero-order chi connectivity index (χ0) is 22.2. The van der Waals surface area contributed by atoms with Crippen LogP contribution in [0.25, 0.3) is 5.82 Å². The van der Waals surface area contributed by atoms with Crippen molar-refractivity contribution in [2.24, 2.45) is 0 Å². The molecule has 3 rings (SSSR count). The zero-order valence-corrected chi connectivity index (χ0v) is 19.0. The molecule has 31 heavy (non-hydrogen) atoms. The van der Waals surface area contributed by atoms with Crippen LogP contribution in [0.5, 0.6) is 0 Å². The molecule has 0 aliphatic carbocycles. The van der Waals surface area contributed by atoms with Gasteiger partial charge in [-0.15, -0.1) is 0 Å². The number of carbonyl (C=O) groups is 1. The third-order valence-corrected chi connectivity index (χ3v) is 5.61. The summed E-state index contributed by atoms with van der Waals surface area (Å²) >= 11 is 0. The molecule has 0 fully saturated rings. The minimum Gasteiger partial charge on any atom is -0.350 e. The Hall–Kier alpha value is -2.99. The van der Waals surface area contributed by atoms with Crippen LogP contribution in [-0.2, 0) is 6.42 Å². The van der Waals surface area contributed by atoms with Crippen molar-refractivity contribution in [3.8, 4) is 5.82 Å². The number of pyridine rings is 1. The number of likely N-dealkylation sites (N-methyl/N-ethyl adjacent to an activating group) is 1. The lowest BCUT2D eigenvalue weighted by atomic mass is 10.0. The Morgan fingerprint density at radius 1 is 1.06 bits per heavy atom. The van der Waals surface area contributed by atoms with Crippen LogP contribution in [0, 0.1) is 0 Å². The van der Waals surface area contributed by atoms with E-state index in [0.717, 1.165) is 31.0 Å². The molecule has 0 aliphatic rings. The summed E-state index contributed by atoms with van der Waals surface area (Å²) < 4.78 is 1.77. The lowest BCUT2D eigenvalue weighted by molar-refractivity contribution is 0.0933. The van der Waals surface area contributed by atoms with E-state index in [1.54, 1.807) is 17.1 Å². The van der Waals surface area contributed by atoms with Gasteiger partial charge in [-0.3, -0.25) is 9.69 Å². The summed E-state index contributed by atoms with van der Waals surface area (Å²) in [6.45, 7) is 10.9. The zero-order valence-electron chi connectivity index (χ0n) is 19.0. The van der Waals surface area contributed by atoms with Gasteiger partial charge in [0, 0.05) is 18.8 Å². The van der Waals surface area contributed by atoms with E-state index in [4.69, 9.17) is 0 Å². The number of aromatic nitrogens is 3. The largest absolute Gasteiger partial charge is 0.350 e. The highest BCUT2D eigenvalue weighted by molar-refractivity contribution is 5.95. The van der Waals surface area contributed by atoms with E-state index in [9.17, 15) is 4.79 Å². The molecular formula is C25H33N5O. The van der Waals surface area contributed by atoms with Crippen LogP contribution in [0.4, 0.5) is 0 Å². The van der Waals surface area contributed by atoms with E-state index in [0.29, 0.717) is 12.1 Å². The van der Waals surface area contributed by atoms with Crippen molar-refractivity contribution in [2.45, 2.75) is 46.1 Å². The van der Waals surface area contributed by atoms with Gasteiger partial charge in [0.1, 0.15) is 0 Å². The summed E-state index contributed by atoms with van der Waals surface area (Å²) in [4.78, 5) is 20.0. The molecule has 0 aliphatic heterocycles. The highest BCUT2D eigenvalue weighted by Crippen LogP contribution is 2.22. The Bertz CT molecular complexity index is 949. The fourth-order valence-corrected chi connectivity index (χ4v) is 4.01. The van der Waals surface area contributed by atoms with Crippen LogP contribution in [0.1, 0.15) is 55.2 Å². The lowest BCUT2D eigenvalue weighted by Crippen LogP contribution is -2.45. The van der Waals surface area contributed by atoms with Gasteiger partial charge >= 0.3 is 0 Å². The molecule has 1 aromatic carbocycles. The number of hydrogen-bond donors (Lipinski definition) is 1. The molecule has 2 heterocycles. The summed E-state index contributed by atoms with van der Waals surface area (Å²) in [5.74, 6) is 0.764. The van der Waals surface area contributed by atoms with Crippen molar-refractivity contribution in [3.05, 3.63) is 77.7 Å². The Kier molecular flexibility index (Phi) is 7.95. The first-order valence-corrected chi connectivity index (χ1v) is 11.1. The third kappa shape index (κ3) is 5.58. The molecule has 6 nitrogen and oxygen atoms in total. The predicted molar refractivity (Wildman–Crippen MR) is 125 cm³/mol. The maximum absolute atomic E-state index is 13.2. The quantitative estimate of drug-likeness (QED) is 0.538. The molecule has 0 saturated heterocycles. The summed E-state index contributed by atoms with van der Waals surface area (Å²) in [6.07, 6.45) is 4.29.